The topological polar surface area (TPSA) is 63.2 Å². The summed E-state index contributed by atoms with van der Waals surface area (Å²) in [5, 5.41) is 7.55. The van der Waals surface area contributed by atoms with Crippen LogP contribution in [0.15, 0.2) is 6.08 Å². The molecule has 2 atom stereocenters. The second kappa shape index (κ2) is 9.80. The molecule has 2 heterocycles. The van der Waals surface area contributed by atoms with Gasteiger partial charge in [0, 0.05) is 43.5 Å². The van der Waals surface area contributed by atoms with E-state index >= 15 is 0 Å². The minimum absolute atomic E-state index is 0.130. The molecular weight excluding hydrogens is 358 g/mol. The van der Waals surface area contributed by atoms with E-state index < -0.39 is 0 Å². The normalized spacial score (nSPS) is 21.3. The van der Waals surface area contributed by atoms with Crippen molar-refractivity contribution >= 4 is 23.3 Å². The van der Waals surface area contributed by atoms with E-state index in [1.807, 2.05) is 7.05 Å². The Morgan fingerprint density at radius 2 is 2.15 bits per heavy atom. The summed E-state index contributed by atoms with van der Waals surface area (Å²) in [6.45, 7) is 6.95. The van der Waals surface area contributed by atoms with Gasteiger partial charge < -0.3 is 15.4 Å². The van der Waals surface area contributed by atoms with Crippen molar-refractivity contribution in [1.29, 1.82) is 0 Å². The number of nitrogens with zero attached hydrogens (tertiary/aromatic N) is 1. The van der Waals surface area contributed by atoms with Crippen LogP contribution in [0.5, 0.6) is 0 Å². The van der Waals surface area contributed by atoms with Gasteiger partial charge in [0.2, 0.25) is 5.91 Å². The summed E-state index contributed by atoms with van der Waals surface area (Å²) in [5.74, 6) is 1.89. The Labute approximate surface area is 167 Å². The number of carbonyl (C=O) groups excluding carboxylic acids is 1. The van der Waals surface area contributed by atoms with Crippen LogP contribution in [0.1, 0.15) is 48.7 Å². The summed E-state index contributed by atoms with van der Waals surface area (Å²) < 4.78 is 5.45. The zero-order valence-corrected chi connectivity index (χ0v) is 17.6. The number of aromatic nitrogens is 1. The molecule has 1 aromatic rings. The first-order valence-electron chi connectivity index (χ1n) is 10.2. The second-order valence-electron chi connectivity index (χ2n) is 8.07. The van der Waals surface area contributed by atoms with Gasteiger partial charge in [0.1, 0.15) is 0 Å². The smallest absolute Gasteiger partial charge is 0.220 e. The number of amides is 1. The molecule has 1 saturated heterocycles. The SMILES string of the molecule is CNCC(NC(=O)CCc1nc2c(s1)CC(C(C)C)C=C2)C1CCOCC1. The monoisotopic (exact) mass is 391 g/mol. The van der Waals surface area contributed by atoms with Crippen molar-refractivity contribution in [2.75, 3.05) is 26.8 Å². The lowest BCUT2D eigenvalue weighted by atomic mass is 9.88. The fourth-order valence-electron chi connectivity index (χ4n) is 3.93. The van der Waals surface area contributed by atoms with E-state index in [9.17, 15) is 4.79 Å². The van der Waals surface area contributed by atoms with E-state index in [-0.39, 0.29) is 11.9 Å². The van der Waals surface area contributed by atoms with Crippen LogP contribution in [0.4, 0.5) is 0 Å². The summed E-state index contributed by atoms with van der Waals surface area (Å²) >= 11 is 1.78. The summed E-state index contributed by atoms with van der Waals surface area (Å²) in [4.78, 5) is 18.6. The lowest BCUT2D eigenvalue weighted by Crippen LogP contribution is -2.47. The van der Waals surface area contributed by atoms with Gasteiger partial charge in [-0.25, -0.2) is 4.98 Å². The first-order valence-corrected chi connectivity index (χ1v) is 11.1. The molecule has 1 amide bonds. The van der Waals surface area contributed by atoms with Crippen LogP contribution in [0.3, 0.4) is 0 Å². The molecular formula is C21H33N3O2S. The predicted molar refractivity (Wildman–Crippen MR) is 111 cm³/mol. The van der Waals surface area contributed by atoms with Crippen LogP contribution in [-0.4, -0.2) is 43.7 Å². The molecule has 6 heteroatoms. The fourth-order valence-corrected chi connectivity index (χ4v) is 5.05. The molecule has 0 spiro atoms. The maximum absolute atomic E-state index is 12.5. The van der Waals surface area contributed by atoms with Crippen molar-refractivity contribution in [3.8, 4) is 0 Å². The molecule has 0 bridgehead atoms. The fraction of sp³-hybridized carbons (Fsp3) is 0.714. The third-order valence-corrected chi connectivity index (χ3v) is 6.88. The van der Waals surface area contributed by atoms with Crippen molar-refractivity contribution in [2.45, 2.75) is 52.0 Å². The largest absolute Gasteiger partial charge is 0.381 e. The second-order valence-corrected chi connectivity index (χ2v) is 9.24. The number of fused-ring (bicyclic) bond motifs is 1. The Kier molecular flexibility index (Phi) is 7.44. The first kappa shape index (κ1) is 20.5. The predicted octanol–water partition coefficient (Wildman–Crippen LogP) is 3.05. The molecule has 2 unspecified atom stereocenters. The summed E-state index contributed by atoms with van der Waals surface area (Å²) in [6, 6.07) is 0.186. The molecule has 2 N–H and O–H groups in total. The molecule has 1 fully saturated rings. The summed E-state index contributed by atoms with van der Waals surface area (Å²) in [6.07, 6.45) is 8.82. The van der Waals surface area contributed by atoms with E-state index in [1.54, 1.807) is 11.3 Å². The summed E-state index contributed by atoms with van der Waals surface area (Å²) in [5.41, 5.74) is 1.11. The van der Waals surface area contributed by atoms with Gasteiger partial charge >= 0.3 is 0 Å². The van der Waals surface area contributed by atoms with Crippen molar-refractivity contribution in [1.82, 2.24) is 15.6 Å². The van der Waals surface area contributed by atoms with Crippen molar-refractivity contribution in [3.63, 3.8) is 0 Å². The van der Waals surface area contributed by atoms with Gasteiger partial charge in [-0.05, 0) is 50.1 Å². The first-order chi connectivity index (χ1) is 13.1. The minimum Gasteiger partial charge on any atom is -0.381 e. The quantitative estimate of drug-likeness (QED) is 0.715. The van der Waals surface area contributed by atoms with E-state index in [1.165, 1.54) is 4.88 Å². The number of aryl methyl sites for hydroxylation is 1. The number of hydrogen-bond acceptors (Lipinski definition) is 5. The number of carbonyl (C=O) groups is 1. The molecule has 5 nitrogen and oxygen atoms in total. The third kappa shape index (κ3) is 5.62. The van der Waals surface area contributed by atoms with Crippen LogP contribution < -0.4 is 10.6 Å². The molecule has 27 heavy (non-hydrogen) atoms. The highest BCUT2D eigenvalue weighted by molar-refractivity contribution is 7.11. The molecule has 0 saturated carbocycles. The van der Waals surface area contributed by atoms with Gasteiger partial charge in [0.05, 0.1) is 10.7 Å². The van der Waals surface area contributed by atoms with Crippen molar-refractivity contribution in [2.24, 2.45) is 17.8 Å². The highest BCUT2D eigenvalue weighted by Crippen LogP contribution is 2.31. The average Bonchev–Trinajstić information content (AvgIpc) is 3.09. The Hall–Kier alpha value is -1.24. The molecule has 1 aromatic heterocycles. The number of nitrogens with one attached hydrogen (secondary N) is 2. The lowest BCUT2D eigenvalue weighted by molar-refractivity contribution is -0.122. The molecule has 3 rings (SSSR count). The Morgan fingerprint density at radius 3 is 2.85 bits per heavy atom. The van der Waals surface area contributed by atoms with Gasteiger partial charge in [-0.2, -0.15) is 0 Å². The van der Waals surface area contributed by atoms with Gasteiger partial charge in [-0.3, -0.25) is 4.79 Å². The van der Waals surface area contributed by atoms with Crippen LogP contribution in [0.25, 0.3) is 6.08 Å². The highest BCUT2D eigenvalue weighted by atomic mass is 32.1. The molecule has 1 aliphatic carbocycles. The molecule has 1 aliphatic heterocycles. The standard InChI is InChI=1S/C21H33N3O2S/c1-14(2)16-4-5-17-19(12-16)27-21(24-17)7-6-20(25)23-18(13-22-3)15-8-10-26-11-9-15/h4-5,14-16,18,22H,6-13H2,1-3H3,(H,23,25). The molecule has 2 aliphatic rings. The zero-order valence-electron chi connectivity index (χ0n) is 16.8. The van der Waals surface area contributed by atoms with E-state index in [2.05, 4.69) is 36.6 Å². The Bertz CT molecular complexity index is 650. The van der Waals surface area contributed by atoms with Crippen molar-refractivity contribution in [3.05, 3.63) is 21.7 Å². The van der Waals surface area contributed by atoms with Crippen LogP contribution in [0, 0.1) is 17.8 Å². The van der Waals surface area contributed by atoms with Crippen LogP contribution >= 0.6 is 11.3 Å². The number of thiazole rings is 1. The number of allylic oxidation sites excluding steroid dienone is 1. The minimum atomic E-state index is 0.130. The average molecular weight is 392 g/mol. The van der Waals surface area contributed by atoms with E-state index in [4.69, 9.17) is 9.72 Å². The lowest BCUT2D eigenvalue weighted by Gasteiger charge is -2.31. The molecule has 150 valence electrons. The molecule has 0 radical (unpaired) electrons. The van der Waals surface area contributed by atoms with E-state index in [0.717, 1.165) is 56.1 Å². The summed E-state index contributed by atoms with van der Waals surface area (Å²) in [7, 11) is 1.94. The van der Waals surface area contributed by atoms with Crippen molar-refractivity contribution < 1.29 is 9.53 Å². The van der Waals surface area contributed by atoms with E-state index in [0.29, 0.717) is 24.2 Å². The third-order valence-electron chi connectivity index (χ3n) is 5.72. The Balaban J connectivity index is 1.51. The van der Waals surface area contributed by atoms with Gasteiger partial charge in [-0.1, -0.05) is 19.9 Å². The number of hydrogen-bond donors (Lipinski definition) is 2. The number of rotatable bonds is 8. The van der Waals surface area contributed by atoms with Crippen LogP contribution in [0.2, 0.25) is 0 Å². The highest BCUT2D eigenvalue weighted by Gasteiger charge is 2.25. The van der Waals surface area contributed by atoms with Gasteiger partial charge in [0.15, 0.2) is 0 Å². The number of ether oxygens (including phenoxy) is 1. The Morgan fingerprint density at radius 1 is 1.37 bits per heavy atom. The number of likely N-dealkylation sites (N-methyl/N-ethyl adjacent to an activating group) is 1. The maximum atomic E-state index is 12.5. The van der Waals surface area contributed by atoms with Crippen LogP contribution in [-0.2, 0) is 22.4 Å². The molecule has 0 aromatic carbocycles. The zero-order chi connectivity index (χ0) is 19.2. The van der Waals surface area contributed by atoms with Gasteiger partial charge in [-0.15, -0.1) is 11.3 Å². The maximum Gasteiger partial charge on any atom is 0.220 e. The van der Waals surface area contributed by atoms with Gasteiger partial charge in [0.25, 0.3) is 0 Å².